The van der Waals surface area contributed by atoms with Crippen LogP contribution >= 0.6 is 0 Å². The zero-order valence-electron chi connectivity index (χ0n) is 10.1. The van der Waals surface area contributed by atoms with Gasteiger partial charge in [0, 0.05) is 12.5 Å². The minimum Gasteiger partial charge on any atom is -0.480 e. The minimum absolute atomic E-state index is 0.154. The lowest BCUT2D eigenvalue weighted by Crippen LogP contribution is -2.49. The molecule has 0 aliphatic carbocycles. The summed E-state index contributed by atoms with van der Waals surface area (Å²) in [6.45, 7) is 0. The Morgan fingerprint density at radius 3 is 2.30 bits per heavy atom. The largest absolute Gasteiger partial charge is 0.480 e. The van der Waals surface area contributed by atoms with Gasteiger partial charge in [-0.2, -0.15) is 0 Å². The van der Waals surface area contributed by atoms with E-state index in [9.17, 15) is 18.8 Å². The Hall–Kier alpha value is -2.70. The molecule has 2 amide bonds. The fraction of sp³-hybridized carbons (Fsp3) is 0.154. The topological polar surface area (TPSA) is 94.9 Å². The summed E-state index contributed by atoms with van der Waals surface area (Å²) in [6.07, 6.45) is -0.711. The fourth-order valence-corrected chi connectivity index (χ4v) is 2.02. The number of carboxylic acids is 1. The fourth-order valence-electron chi connectivity index (χ4n) is 2.02. The van der Waals surface area contributed by atoms with Crippen LogP contribution in [0.25, 0.3) is 5.57 Å². The van der Waals surface area contributed by atoms with Gasteiger partial charge >= 0.3 is 12.1 Å². The molecule has 1 aromatic carbocycles. The summed E-state index contributed by atoms with van der Waals surface area (Å²) in [6, 6.07) is 3.69. The number of halogens is 1. The van der Waals surface area contributed by atoms with Crippen LogP contribution in [0.3, 0.4) is 0 Å². The SMILES string of the molecule is O=C(O)[C@H]1CC(c2ccc(F)cc2)=CC(=O)N1C(=O)O. The van der Waals surface area contributed by atoms with E-state index in [0.717, 1.165) is 6.08 Å². The maximum Gasteiger partial charge on any atom is 0.415 e. The van der Waals surface area contributed by atoms with Crippen molar-refractivity contribution in [2.75, 3.05) is 0 Å². The van der Waals surface area contributed by atoms with Gasteiger partial charge < -0.3 is 10.2 Å². The maximum absolute atomic E-state index is 12.8. The molecule has 0 spiro atoms. The molecule has 7 heteroatoms. The van der Waals surface area contributed by atoms with Crippen LogP contribution in [0, 0.1) is 5.82 Å². The van der Waals surface area contributed by atoms with Crippen molar-refractivity contribution in [1.82, 2.24) is 4.90 Å². The minimum atomic E-state index is -1.61. The molecule has 6 nitrogen and oxygen atoms in total. The summed E-state index contributed by atoms with van der Waals surface area (Å²) in [5.74, 6) is -2.79. The average molecular weight is 279 g/mol. The van der Waals surface area contributed by atoms with Gasteiger partial charge in [-0.1, -0.05) is 12.1 Å². The lowest BCUT2D eigenvalue weighted by Gasteiger charge is -2.28. The Bertz CT molecular complexity index is 608. The van der Waals surface area contributed by atoms with Crippen molar-refractivity contribution < 1.29 is 29.0 Å². The predicted molar refractivity (Wildman–Crippen MR) is 65.3 cm³/mol. The number of carboxylic acid groups (broad SMARTS) is 2. The maximum atomic E-state index is 12.8. The van der Waals surface area contributed by atoms with Gasteiger partial charge in [0.2, 0.25) is 0 Å². The summed E-state index contributed by atoms with van der Waals surface area (Å²) in [4.78, 5) is 34.0. The highest BCUT2D eigenvalue weighted by atomic mass is 19.1. The molecule has 1 aliphatic rings. The van der Waals surface area contributed by atoms with Crippen molar-refractivity contribution in [2.24, 2.45) is 0 Å². The van der Waals surface area contributed by atoms with Gasteiger partial charge in [-0.3, -0.25) is 4.79 Å². The van der Waals surface area contributed by atoms with E-state index < -0.39 is 29.8 Å². The Morgan fingerprint density at radius 1 is 1.20 bits per heavy atom. The molecular formula is C13H10FNO5. The van der Waals surface area contributed by atoms with E-state index in [2.05, 4.69) is 0 Å². The van der Waals surface area contributed by atoms with Gasteiger partial charge in [-0.05, 0) is 23.3 Å². The van der Waals surface area contributed by atoms with Crippen LogP contribution in [-0.4, -0.2) is 39.1 Å². The quantitative estimate of drug-likeness (QED) is 0.856. The highest BCUT2D eigenvalue weighted by Crippen LogP contribution is 2.27. The lowest BCUT2D eigenvalue weighted by molar-refractivity contribution is -0.147. The molecule has 1 atom stereocenters. The Balaban J connectivity index is 2.40. The molecule has 0 fully saturated rings. The van der Waals surface area contributed by atoms with E-state index in [1.807, 2.05) is 0 Å². The molecule has 1 heterocycles. The zero-order chi connectivity index (χ0) is 14.9. The molecule has 0 unspecified atom stereocenters. The molecule has 0 radical (unpaired) electrons. The third-order valence-corrected chi connectivity index (χ3v) is 2.97. The van der Waals surface area contributed by atoms with Crippen molar-refractivity contribution >= 4 is 23.5 Å². The summed E-state index contributed by atoms with van der Waals surface area (Å²) in [5, 5.41) is 17.9. The van der Waals surface area contributed by atoms with Gasteiger partial charge in [-0.15, -0.1) is 0 Å². The second-order valence-electron chi connectivity index (χ2n) is 4.23. The van der Waals surface area contributed by atoms with Crippen molar-refractivity contribution in [3.63, 3.8) is 0 Å². The van der Waals surface area contributed by atoms with Crippen molar-refractivity contribution in [2.45, 2.75) is 12.5 Å². The average Bonchev–Trinajstić information content (AvgIpc) is 2.37. The van der Waals surface area contributed by atoms with Crippen molar-refractivity contribution in [3.8, 4) is 0 Å². The molecule has 0 aromatic heterocycles. The van der Waals surface area contributed by atoms with Crippen molar-refractivity contribution in [3.05, 3.63) is 41.7 Å². The number of hydrogen-bond acceptors (Lipinski definition) is 3. The van der Waals surface area contributed by atoms with E-state index in [0.29, 0.717) is 11.1 Å². The Kier molecular flexibility index (Phi) is 3.51. The summed E-state index contributed by atoms with van der Waals surface area (Å²) < 4.78 is 12.8. The highest BCUT2D eigenvalue weighted by molar-refractivity contribution is 6.07. The number of rotatable bonds is 2. The molecule has 104 valence electrons. The Labute approximate surface area is 112 Å². The summed E-state index contributed by atoms with van der Waals surface area (Å²) in [5.41, 5.74) is 0.843. The zero-order valence-corrected chi connectivity index (χ0v) is 10.1. The summed E-state index contributed by atoms with van der Waals surface area (Å²) >= 11 is 0. The predicted octanol–water partition coefficient (Wildman–Crippen LogP) is 1.57. The van der Waals surface area contributed by atoms with Crippen LogP contribution in [0.4, 0.5) is 9.18 Å². The third kappa shape index (κ3) is 2.51. The molecular weight excluding hydrogens is 269 g/mol. The molecule has 20 heavy (non-hydrogen) atoms. The standard InChI is InChI=1S/C13H10FNO5/c14-9-3-1-7(2-4-9)8-5-10(12(17)18)15(13(19)20)11(16)6-8/h1-4,6,10H,5H2,(H,17,18)(H,19,20)/t10-/m1/s1. The van der Waals surface area contributed by atoms with E-state index in [1.165, 1.54) is 24.3 Å². The van der Waals surface area contributed by atoms with Crippen LogP contribution in [0.5, 0.6) is 0 Å². The van der Waals surface area contributed by atoms with Gasteiger partial charge in [0.1, 0.15) is 11.9 Å². The smallest absolute Gasteiger partial charge is 0.415 e. The molecule has 2 N–H and O–H groups in total. The van der Waals surface area contributed by atoms with Gasteiger partial charge in [0.05, 0.1) is 0 Å². The normalized spacial score (nSPS) is 18.6. The number of imide groups is 1. The number of carbonyl (C=O) groups excluding carboxylic acids is 1. The molecule has 2 rings (SSSR count). The van der Waals surface area contributed by atoms with E-state index >= 15 is 0 Å². The lowest BCUT2D eigenvalue weighted by atomic mass is 9.94. The van der Waals surface area contributed by atoms with Crippen LogP contribution in [0.1, 0.15) is 12.0 Å². The highest BCUT2D eigenvalue weighted by Gasteiger charge is 2.38. The number of amides is 2. The second-order valence-corrected chi connectivity index (χ2v) is 4.23. The van der Waals surface area contributed by atoms with E-state index in [-0.39, 0.29) is 11.3 Å². The molecule has 1 aromatic rings. The molecule has 1 aliphatic heterocycles. The monoisotopic (exact) mass is 279 g/mol. The third-order valence-electron chi connectivity index (χ3n) is 2.97. The first-order valence-corrected chi connectivity index (χ1v) is 5.65. The number of carbonyl (C=O) groups is 3. The van der Waals surface area contributed by atoms with Crippen LogP contribution in [0.15, 0.2) is 30.3 Å². The van der Waals surface area contributed by atoms with Crippen LogP contribution in [0.2, 0.25) is 0 Å². The van der Waals surface area contributed by atoms with E-state index in [4.69, 9.17) is 10.2 Å². The number of hydrogen-bond donors (Lipinski definition) is 2. The summed E-state index contributed by atoms with van der Waals surface area (Å²) in [7, 11) is 0. The second kappa shape index (κ2) is 5.12. The van der Waals surface area contributed by atoms with Crippen LogP contribution < -0.4 is 0 Å². The van der Waals surface area contributed by atoms with Gasteiger partial charge in [-0.25, -0.2) is 18.9 Å². The van der Waals surface area contributed by atoms with Crippen molar-refractivity contribution in [1.29, 1.82) is 0 Å². The number of nitrogens with zero attached hydrogens (tertiary/aromatic N) is 1. The molecule has 0 bridgehead atoms. The number of aliphatic carboxylic acids is 1. The molecule has 0 saturated heterocycles. The first-order chi connectivity index (χ1) is 9.40. The van der Waals surface area contributed by atoms with Crippen LogP contribution in [-0.2, 0) is 9.59 Å². The first kappa shape index (κ1) is 13.7. The number of benzene rings is 1. The van der Waals surface area contributed by atoms with Gasteiger partial charge in [0.15, 0.2) is 0 Å². The van der Waals surface area contributed by atoms with E-state index in [1.54, 1.807) is 0 Å². The Morgan fingerprint density at radius 2 is 1.80 bits per heavy atom. The first-order valence-electron chi connectivity index (χ1n) is 5.65. The molecule has 0 saturated carbocycles. The van der Waals surface area contributed by atoms with Gasteiger partial charge in [0.25, 0.3) is 5.91 Å².